The SMILES string of the molecule is CN1[C@H](C(=O)[O-])[C@H]1C(=O)N[C@@H](Cc1ccccc1)C(=O)NCc1ccco1.[Na+]. The maximum Gasteiger partial charge on any atom is 1.00 e. The molecule has 142 valence electrons. The zero-order valence-corrected chi connectivity index (χ0v) is 17.8. The van der Waals surface area contributed by atoms with Crippen LogP contribution in [-0.4, -0.2) is 47.9 Å². The molecule has 1 fully saturated rings. The molecule has 1 aliphatic rings. The molecule has 1 aliphatic heterocycles. The molecule has 0 spiro atoms. The first-order valence-corrected chi connectivity index (χ1v) is 8.54. The Morgan fingerprint density at radius 3 is 2.43 bits per heavy atom. The molecule has 4 atom stereocenters. The Morgan fingerprint density at radius 1 is 1.14 bits per heavy atom. The van der Waals surface area contributed by atoms with Gasteiger partial charge in [0, 0.05) is 6.42 Å². The van der Waals surface area contributed by atoms with Crippen molar-refractivity contribution in [3.05, 3.63) is 60.1 Å². The first kappa shape index (κ1) is 22.2. The van der Waals surface area contributed by atoms with Gasteiger partial charge in [0.05, 0.1) is 24.8 Å². The Hall–Kier alpha value is -2.13. The molecule has 2 N–H and O–H groups in total. The standard InChI is InChI=1S/C19H21N3O5.Na/c1-22-15(16(22)19(25)26)18(24)21-14(10-12-6-3-2-4-7-12)17(23)20-11-13-8-5-9-27-13;/h2-9,14-16H,10-11H2,1H3,(H,20,23)(H,21,24)(H,25,26);/q;+1/p-1/t14-,15-,16-,22?;/m0./s1. The van der Waals surface area contributed by atoms with Crippen LogP contribution in [0.3, 0.4) is 0 Å². The molecule has 1 aromatic carbocycles. The molecule has 28 heavy (non-hydrogen) atoms. The number of carbonyl (C=O) groups is 3. The number of carboxylic acid groups (broad SMARTS) is 1. The van der Waals surface area contributed by atoms with Crippen LogP contribution in [0.4, 0.5) is 0 Å². The van der Waals surface area contributed by atoms with E-state index in [0.29, 0.717) is 5.76 Å². The quantitative estimate of drug-likeness (QED) is 0.350. The summed E-state index contributed by atoms with van der Waals surface area (Å²) in [7, 11) is 1.52. The summed E-state index contributed by atoms with van der Waals surface area (Å²) in [6, 6.07) is 10.1. The first-order chi connectivity index (χ1) is 13.0. The Balaban J connectivity index is 0.00000280. The molecule has 2 amide bonds. The number of likely N-dealkylation sites (N-methyl/N-ethyl adjacent to an activating group) is 1. The summed E-state index contributed by atoms with van der Waals surface area (Å²) in [6.45, 7) is 0.192. The van der Waals surface area contributed by atoms with Crippen LogP contribution >= 0.6 is 0 Å². The molecule has 0 aliphatic carbocycles. The molecule has 3 rings (SSSR count). The van der Waals surface area contributed by atoms with E-state index in [1.807, 2.05) is 30.3 Å². The summed E-state index contributed by atoms with van der Waals surface area (Å²) >= 11 is 0. The summed E-state index contributed by atoms with van der Waals surface area (Å²) in [5.41, 5.74) is 0.872. The Morgan fingerprint density at radius 2 is 1.86 bits per heavy atom. The van der Waals surface area contributed by atoms with Crippen LogP contribution in [0.15, 0.2) is 53.1 Å². The number of nitrogens with zero attached hydrogens (tertiary/aromatic N) is 1. The van der Waals surface area contributed by atoms with E-state index in [1.54, 1.807) is 12.1 Å². The average Bonchev–Trinajstić information content (AvgIpc) is 3.07. The summed E-state index contributed by atoms with van der Waals surface area (Å²) in [6.07, 6.45) is 1.79. The van der Waals surface area contributed by atoms with Gasteiger partial charge in [-0.25, -0.2) is 0 Å². The number of hydrogen-bond acceptors (Lipinski definition) is 6. The molecule has 0 bridgehead atoms. The van der Waals surface area contributed by atoms with E-state index >= 15 is 0 Å². The van der Waals surface area contributed by atoms with E-state index in [-0.39, 0.29) is 48.4 Å². The molecule has 1 saturated heterocycles. The van der Waals surface area contributed by atoms with Gasteiger partial charge in [-0.2, -0.15) is 0 Å². The molecular weight excluding hydrogens is 373 g/mol. The van der Waals surface area contributed by atoms with Gasteiger partial charge in [-0.05, 0) is 24.7 Å². The van der Waals surface area contributed by atoms with Gasteiger partial charge in [-0.1, -0.05) is 30.3 Å². The third-order valence-electron chi connectivity index (χ3n) is 4.53. The van der Waals surface area contributed by atoms with E-state index in [2.05, 4.69) is 10.6 Å². The van der Waals surface area contributed by atoms with Crippen molar-refractivity contribution in [1.82, 2.24) is 15.5 Å². The second-order valence-corrected chi connectivity index (χ2v) is 6.42. The number of nitrogens with one attached hydrogen (secondary N) is 2. The minimum atomic E-state index is -1.31. The summed E-state index contributed by atoms with van der Waals surface area (Å²) in [4.78, 5) is 37.4. The van der Waals surface area contributed by atoms with Crippen LogP contribution in [0.25, 0.3) is 0 Å². The van der Waals surface area contributed by atoms with Crippen molar-refractivity contribution in [3.8, 4) is 0 Å². The molecule has 8 nitrogen and oxygen atoms in total. The monoisotopic (exact) mass is 393 g/mol. The Labute approximate surface area is 184 Å². The van der Waals surface area contributed by atoms with Gasteiger partial charge in [-0.15, -0.1) is 0 Å². The normalized spacial score (nSPS) is 21.1. The van der Waals surface area contributed by atoms with Crippen molar-refractivity contribution < 1.29 is 53.5 Å². The van der Waals surface area contributed by atoms with E-state index in [1.165, 1.54) is 18.2 Å². The van der Waals surface area contributed by atoms with Gasteiger partial charge in [0.1, 0.15) is 17.8 Å². The number of carbonyl (C=O) groups excluding carboxylic acids is 3. The first-order valence-electron chi connectivity index (χ1n) is 8.54. The van der Waals surface area contributed by atoms with Crippen molar-refractivity contribution in [3.63, 3.8) is 0 Å². The number of benzene rings is 1. The van der Waals surface area contributed by atoms with Crippen LogP contribution in [0.5, 0.6) is 0 Å². The minimum Gasteiger partial charge on any atom is -0.548 e. The second-order valence-electron chi connectivity index (χ2n) is 6.42. The molecule has 1 aromatic heterocycles. The third kappa shape index (κ3) is 5.45. The van der Waals surface area contributed by atoms with Gasteiger partial charge >= 0.3 is 29.6 Å². The van der Waals surface area contributed by atoms with Crippen molar-refractivity contribution in [2.45, 2.75) is 31.1 Å². The van der Waals surface area contributed by atoms with Gasteiger partial charge in [0.25, 0.3) is 0 Å². The predicted octanol–water partition coefficient (Wildman–Crippen LogP) is -3.94. The largest absolute Gasteiger partial charge is 1.00 e. The Bertz CT molecular complexity index is 812. The van der Waals surface area contributed by atoms with Crippen LogP contribution in [0.1, 0.15) is 11.3 Å². The van der Waals surface area contributed by atoms with Crippen molar-refractivity contribution in [1.29, 1.82) is 0 Å². The number of amides is 2. The molecule has 2 heterocycles. The predicted molar refractivity (Wildman–Crippen MR) is 93.0 cm³/mol. The van der Waals surface area contributed by atoms with E-state index < -0.39 is 30.0 Å². The summed E-state index contributed by atoms with van der Waals surface area (Å²) in [5, 5.41) is 16.4. The molecule has 0 radical (unpaired) electrons. The topological polar surface area (TPSA) is 114 Å². The molecule has 1 unspecified atom stereocenters. The number of rotatable bonds is 8. The van der Waals surface area contributed by atoms with E-state index in [0.717, 1.165) is 5.56 Å². The number of hydrogen-bond donors (Lipinski definition) is 2. The van der Waals surface area contributed by atoms with Gasteiger partial charge in [0.15, 0.2) is 0 Å². The molecular formula is C19H20N3NaO5. The van der Waals surface area contributed by atoms with Gasteiger partial charge in [0.2, 0.25) is 11.8 Å². The maximum atomic E-state index is 12.6. The van der Waals surface area contributed by atoms with Gasteiger partial charge in [-0.3, -0.25) is 14.5 Å². The van der Waals surface area contributed by atoms with Crippen molar-refractivity contribution in [2.24, 2.45) is 0 Å². The summed E-state index contributed by atoms with van der Waals surface area (Å²) < 4.78 is 5.18. The van der Waals surface area contributed by atoms with Gasteiger partial charge < -0.3 is 25.0 Å². The number of aliphatic carboxylic acids is 1. The smallest absolute Gasteiger partial charge is 0.548 e. The van der Waals surface area contributed by atoms with Crippen LogP contribution in [0, 0.1) is 0 Å². The van der Waals surface area contributed by atoms with Crippen LogP contribution in [-0.2, 0) is 27.3 Å². The molecule has 2 aromatic rings. The van der Waals surface area contributed by atoms with Crippen LogP contribution in [0.2, 0.25) is 0 Å². The van der Waals surface area contributed by atoms with E-state index in [4.69, 9.17) is 4.42 Å². The van der Waals surface area contributed by atoms with Crippen LogP contribution < -0.4 is 45.3 Å². The third-order valence-corrected chi connectivity index (χ3v) is 4.53. The van der Waals surface area contributed by atoms with Crippen molar-refractivity contribution in [2.75, 3.05) is 7.05 Å². The zero-order chi connectivity index (χ0) is 19.4. The Kier molecular flexibility index (Phi) is 7.82. The number of furan rings is 1. The molecule has 0 saturated carbocycles. The van der Waals surface area contributed by atoms with Crippen molar-refractivity contribution >= 4 is 17.8 Å². The number of carboxylic acids is 1. The fourth-order valence-electron chi connectivity index (χ4n) is 2.99. The maximum absolute atomic E-state index is 12.6. The fourth-order valence-corrected chi connectivity index (χ4v) is 2.99. The fraction of sp³-hybridized carbons (Fsp3) is 0.316. The second kappa shape index (κ2) is 9.88. The zero-order valence-electron chi connectivity index (χ0n) is 15.8. The minimum absolute atomic E-state index is 0. The average molecular weight is 393 g/mol. The van der Waals surface area contributed by atoms with E-state index in [9.17, 15) is 19.5 Å². The summed E-state index contributed by atoms with van der Waals surface area (Å²) in [5.74, 6) is -1.61. The molecule has 9 heteroatoms.